The molecule has 9 heteroatoms. The van der Waals surface area contributed by atoms with Gasteiger partial charge in [-0.3, -0.25) is 4.79 Å². The molecule has 1 saturated heterocycles. The summed E-state index contributed by atoms with van der Waals surface area (Å²) in [7, 11) is 0. The van der Waals surface area contributed by atoms with Crippen LogP contribution in [0.3, 0.4) is 0 Å². The quantitative estimate of drug-likeness (QED) is 0.611. The van der Waals surface area contributed by atoms with Gasteiger partial charge in [-0.15, -0.1) is 0 Å². The average molecular weight is 462 g/mol. The number of carbonyl (C=O) groups is 2. The maximum atomic E-state index is 12.8. The number of nitrogens with one attached hydrogen (secondary N) is 3. The third-order valence-corrected chi connectivity index (χ3v) is 5.60. The van der Waals surface area contributed by atoms with Crippen LogP contribution in [-0.4, -0.2) is 57.6 Å². The van der Waals surface area contributed by atoms with Crippen LogP contribution in [0.4, 0.5) is 4.79 Å². The molecule has 32 heavy (non-hydrogen) atoms. The van der Waals surface area contributed by atoms with Crippen molar-refractivity contribution in [3.8, 4) is 0 Å². The van der Waals surface area contributed by atoms with Gasteiger partial charge in [0.2, 0.25) is 0 Å². The van der Waals surface area contributed by atoms with Crippen LogP contribution < -0.4 is 10.6 Å². The number of halogens is 1. The van der Waals surface area contributed by atoms with Gasteiger partial charge in [0.05, 0.1) is 5.69 Å². The first-order chi connectivity index (χ1) is 15.2. The van der Waals surface area contributed by atoms with E-state index in [1.165, 1.54) is 0 Å². The third-order valence-electron chi connectivity index (χ3n) is 5.29. The number of aromatic amines is 1. The molecule has 2 amide bonds. The molecule has 8 nitrogen and oxygen atoms in total. The number of ether oxygens (including phenoxy) is 1. The fraction of sp³-hybridized carbons (Fsp3) is 0.522. The highest BCUT2D eigenvalue weighted by Gasteiger charge is 2.34. The number of rotatable bonds is 6. The zero-order valence-corrected chi connectivity index (χ0v) is 19.8. The van der Waals surface area contributed by atoms with Crippen LogP contribution in [-0.2, 0) is 17.7 Å². The molecule has 1 aromatic heterocycles. The fourth-order valence-electron chi connectivity index (χ4n) is 3.64. The van der Waals surface area contributed by atoms with Gasteiger partial charge in [-0.2, -0.15) is 0 Å². The molecule has 2 atom stereocenters. The number of hydrogen-bond donors (Lipinski definition) is 3. The van der Waals surface area contributed by atoms with E-state index in [0.29, 0.717) is 37.6 Å². The van der Waals surface area contributed by atoms with Gasteiger partial charge >= 0.3 is 6.09 Å². The molecule has 3 rings (SSSR count). The summed E-state index contributed by atoms with van der Waals surface area (Å²) < 4.78 is 5.54. The van der Waals surface area contributed by atoms with Crippen molar-refractivity contribution < 1.29 is 14.3 Å². The monoisotopic (exact) mass is 461 g/mol. The molecule has 1 aromatic carbocycles. The first-order valence-corrected chi connectivity index (χ1v) is 11.3. The highest BCUT2D eigenvalue weighted by molar-refractivity contribution is 6.30. The van der Waals surface area contributed by atoms with E-state index in [4.69, 9.17) is 16.3 Å². The van der Waals surface area contributed by atoms with Crippen LogP contribution in [0.25, 0.3) is 0 Å². The van der Waals surface area contributed by atoms with Gasteiger partial charge in [-0.25, -0.2) is 9.78 Å². The van der Waals surface area contributed by atoms with Crippen LogP contribution in [0.1, 0.15) is 56.0 Å². The molecule has 0 spiro atoms. The van der Waals surface area contributed by atoms with E-state index in [2.05, 4.69) is 20.6 Å². The van der Waals surface area contributed by atoms with Gasteiger partial charge in [0.1, 0.15) is 5.60 Å². The van der Waals surface area contributed by atoms with Gasteiger partial charge < -0.3 is 25.3 Å². The Morgan fingerprint density at radius 1 is 1.25 bits per heavy atom. The van der Waals surface area contributed by atoms with Gasteiger partial charge in [-0.05, 0) is 39.2 Å². The lowest BCUT2D eigenvalue weighted by Gasteiger charge is -2.39. The molecule has 0 radical (unpaired) electrons. The number of hydrogen-bond acceptors (Lipinski definition) is 5. The zero-order chi connectivity index (χ0) is 23.3. The van der Waals surface area contributed by atoms with E-state index >= 15 is 0 Å². The second kappa shape index (κ2) is 10.4. The maximum Gasteiger partial charge on any atom is 0.410 e. The summed E-state index contributed by atoms with van der Waals surface area (Å²) in [5, 5.41) is 6.88. The van der Waals surface area contributed by atoms with Crippen molar-refractivity contribution in [2.24, 2.45) is 0 Å². The predicted molar refractivity (Wildman–Crippen MR) is 124 cm³/mol. The maximum absolute atomic E-state index is 12.8. The van der Waals surface area contributed by atoms with E-state index in [0.717, 1.165) is 11.3 Å². The number of nitrogens with zero attached hydrogens (tertiary/aromatic N) is 2. The second-order valence-corrected chi connectivity index (χ2v) is 9.33. The number of piperidine rings is 1. The molecule has 0 unspecified atom stereocenters. The first kappa shape index (κ1) is 24.1. The summed E-state index contributed by atoms with van der Waals surface area (Å²) in [6.45, 7) is 9.02. The number of carbonyl (C=O) groups excluding carboxylic acids is 2. The molecule has 1 aliphatic heterocycles. The Balaban J connectivity index is 1.70. The minimum Gasteiger partial charge on any atom is -0.444 e. The van der Waals surface area contributed by atoms with Crippen molar-refractivity contribution in [2.75, 3.05) is 13.1 Å². The summed E-state index contributed by atoms with van der Waals surface area (Å²) in [6.07, 6.45) is 0.903. The number of aromatic nitrogens is 2. The van der Waals surface area contributed by atoms with Crippen LogP contribution >= 0.6 is 11.6 Å². The lowest BCUT2D eigenvalue weighted by atomic mass is 9.98. The molecule has 2 aromatic rings. The predicted octanol–water partition coefficient (Wildman–Crippen LogP) is 3.52. The molecule has 0 bridgehead atoms. The van der Waals surface area contributed by atoms with E-state index in [1.807, 2.05) is 58.0 Å². The molecule has 1 fully saturated rings. The molecular formula is C23H32ClN5O3. The van der Waals surface area contributed by atoms with Crippen LogP contribution in [0.5, 0.6) is 0 Å². The number of likely N-dealkylation sites (tertiary alicyclic amines) is 1. The molecule has 1 aliphatic rings. The summed E-state index contributed by atoms with van der Waals surface area (Å²) in [4.78, 5) is 34.3. The van der Waals surface area contributed by atoms with Gasteiger partial charge in [0.15, 0.2) is 11.0 Å². The van der Waals surface area contributed by atoms with Gasteiger partial charge in [0.25, 0.3) is 5.91 Å². The topological polar surface area (TPSA) is 99.4 Å². The molecule has 0 aliphatic carbocycles. The van der Waals surface area contributed by atoms with Crippen molar-refractivity contribution in [1.82, 2.24) is 25.5 Å². The number of imidazole rings is 1. The largest absolute Gasteiger partial charge is 0.444 e. The van der Waals surface area contributed by atoms with E-state index in [-0.39, 0.29) is 29.9 Å². The minimum atomic E-state index is -0.565. The van der Waals surface area contributed by atoms with Crippen molar-refractivity contribution in [3.63, 3.8) is 0 Å². The Bertz CT molecular complexity index is 925. The number of benzene rings is 1. The number of amides is 2. The van der Waals surface area contributed by atoms with Crippen molar-refractivity contribution in [3.05, 3.63) is 52.6 Å². The van der Waals surface area contributed by atoms with E-state index in [9.17, 15) is 9.59 Å². The molecule has 2 heterocycles. The highest BCUT2D eigenvalue weighted by Crippen LogP contribution is 2.18. The van der Waals surface area contributed by atoms with Crippen molar-refractivity contribution >= 4 is 23.6 Å². The normalized spacial score (nSPS) is 19.0. The zero-order valence-electron chi connectivity index (χ0n) is 19.1. The van der Waals surface area contributed by atoms with Gasteiger partial charge in [0, 0.05) is 31.7 Å². The smallest absolute Gasteiger partial charge is 0.410 e. The molecule has 0 saturated carbocycles. The first-order valence-electron chi connectivity index (χ1n) is 11.0. The highest BCUT2D eigenvalue weighted by atomic mass is 35.5. The Morgan fingerprint density at radius 2 is 1.97 bits per heavy atom. The van der Waals surface area contributed by atoms with Gasteiger partial charge in [-0.1, -0.05) is 48.9 Å². The summed E-state index contributed by atoms with van der Waals surface area (Å²) in [6, 6.07) is 9.66. The summed E-state index contributed by atoms with van der Waals surface area (Å²) in [5.41, 5.74) is 1.29. The van der Waals surface area contributed by atoms with E-state index < -0.39 is 5.60 Å². The third kappa shape index (κ3) is 6.46. The molecule has 3 N–H and O–H groups in total. The summed E-state index contributed by atoms with van der Waals surface area (Å²) in [5.74, 6) is -0.114. The Kier molecular flexibility index (Phi) is 7.79. The standard InChI is InChI=1S/C23H32ClN5O3/c1-5-16-19(24)28-20(26-16)21(30)27-17-11-12-29(22(31)32-23(2,3)4)14-18(17)25-13-15-9-7-6-8-10-15/h6-10,17-18,25H,5,11-14H2,1-4H3,(H,26,28)(H,27,30)/t17-,18+/m0/s1. The lowest BCUT2D eigenvalue weighted by Crippen LogP contribution is -2.60. The lowest BCUT2D eigenvalue weighted by molar-refractivity contribution is 0.0162. The van der Waals surface area contributed by atoms with Crippen LogP contribution in [0, 0.1) is 0 Å². The number of aryl methyl sites for hydroxylation is 1. The Labute approximate surface area is 194 Å². The minimum absolute atomic E-state index is 0.156. The average Bonchev–Trinajstić information content (AvgIpc) is 3.13. The SMILES string of the molecule is CCc1[nH]c(C(=O)N[C@H]2CCN(C(=O)OC(C)(C)C)C[C@H]2NCc2ccccc2)nc1Cl. The van der Waals surface area contributed by atoms with Crippen LogP contribution in [0.15, 0.2) is 30.3 Å². The van der Waals surface area contributed by atoms with Crippen molar-refractivity contribution in [2.45, 2.75) is 64.8 Å². The summed E-state index contributed by atoms with van der Waals surface area (Å²) >= 11 is 6.09. The van der Waals surface area contributed by atoms with Crippen molar-refractivity contribution in [1.29, 1.82) is 0 Å². The van der Waals surface area contributed by atoms with E-state index in [1.54, 1.807) is 4.90 Å². The Hall–Kier alpha value is -2.58. The Morgan fingerprint density at radius 3 is 2.59 bits per heavy atom. The van der Waals surface area contributed by atoms with Crippen LogP contribution in [0.2, 0.25) is 5.15 Å². The second-order valence-electron chi connectivity index (χ2n) is 8.98. The number of H-pyrrole nitrogens is 1. The fourth-order valence-corrected chi connectivity index (χ4v) is 3.90. The molecular weight excluding hydrogens is 430 g/mol. The molecule has 174 valence electrons.